The first-order valence-electron chi connectivity index (χ1n) is 5.75. The van der Waals surface area contributed by atoms with Gasteiger partial charge in [0.05, 0.1) is 22.6 Å². The Morgan fingerprint density at radius 1 is 1.10 bits per heavy atom. The largest absolute Gasteiger partial charge is 0.505 e. The molecule has 0 radical (unpaired) electrons. The minimum absolute atomic E-state index is 0.0738. The van der Waals surface area contributed by atoms with Crippen LogP contribution >= 0.6 is 12.0 Å². The Kier molecular flexibility index (Phi) is 5.17. The predicted octanol–water partition coefficient (Wildman–Crippen LogP) is 4.40. The van der Waals surface area contributed by atoms with Crippen LogP contribution in [0.15, 0.2) is 49.6 Å². The first-order valence-corrected chi connectivity index (χ1v) is 6.49. The normalized spacial score (nSPS) is 12.0. The standard InChI is InChI=1S/C12H12N4O4S/c1-13-15-8-4-3-7-5-10(21-20-19-18)11(16-14-2)12(17)9(7)6-8/h3-6,17-18H,1-2H3. The SMILES string of the molecule is CN=Nc1ccc2cc(SOOO)c(N=NC)c(O)c2c1. The first kappa shape index (κ1) is 15.3. The highest BCUT2D eigenvalue weighted by atomic mass is 32.2. The van der Waals surface area contributed by atoms with Crippen molar-refractivity contribution in [1.29, 1.82) is 0 Å². The summed E-state index contributed by atoms with van der Waals surface area (Å²) < 4.78 is 4.40. The van der Waals surface area contributed by atoms with Gasteiger partial charge in [0, 0.05) is 19.5 Å². The summed E-state index contributed by atoms with van der Waals surface area (Å²) in [4.78, 5) is 0.435. The molecule has 0 spiro atoms. The van der Waals surface area contributed by atoms with Crippen molar-refractivity contribution < 1.29 is 19.7 Å². The van der Waals surface area contributed by atoms with Gasteiger partial charge in [-0.2, -0.15) is 20.5 Å². The lowest BCUT2D eigenvalue weighted by Crippen LogP contribution is -1.83. The summed E-state index contributed by atoms with van der Waals surface area (Å²) in [6.07, 6.45) is 0. The summed E-state index contributed by atoms with van der Waals surface area (Å²) >= 11 is 0.703. The summed E-state index contributed by atoms with van der Waals surface area (Å²) in [5.41, 5.74) is 0.813. The van der Waals surface area contributed by atoms with E-state index in [1.807, 2.05) is 0 Å². The number of benzene rings is 2. The molecular formula is C12H12N4O4S. The molecule has 0 aliphatic rings. The van der Waals surface area contributed by atoms with E-state index in [2.05, 4.69) is 29.8 Å². The van der Waals surface area contributed by atoms with Gasteiger partial charge in [-0.05, 0) is 23.6 Å². The summed E-state index contributed by atoms with van der Waals surface area (Å²) in [6.45, 7) is 0. The Labute approximate surface area is 124 Å². The van der Waals surface area contributed by atoms with Crippen molar-refractivity contribution in [2.45, 2.75) is 4.90 Å². The minimum Gasteiger partial charge on any atom is -0.505 e. The van der Waals surface area contributed by atoms with Crippen LogP contribution in [0.25, 0.3) is 10.8 Å². The van der Waals surface area contributed by atoms with Gasteiger partial charge >= 0.3 is 0 Å². The van der Waals surface area contributed by atoms with Crippen LogP contribution in [0.5, 0.6) is 5.75 Å². The molecule has 0 aromatic heterocycles. The second-order valence-electron chi connectivity index (χ2n) is 3.80. The molecule has 2 aromatic carbocycles. The second kappa shape index (κ2) is 7.09. The van der Waals surface area contributed by atoms with Crippen molar-refractivity contribution in [3.05, 3.63) is 24.3 Å². The minimum atomic E-state index is -0.0738. The fourth-order valence-corrected chi connectivity index (χ4v) is 2.31. The Morgan fingerprint density at radius 2 is 1.86 bits per heavy atom. The van der Waals surface area contributed by atoms with Crippen LogP contribution in [0.2, 0.25) is 0 Å². The molecule has 8 nitrogen and oxygen atoms in total. The van der Waals surface area contributed by atoms with Crippen LogP contribution in [0, 0.1) is 0 Å². The lowest BCUT2D eigenvalue weighted by Gasteiger charge is -2.09. The molecule has 0 fully saturated rings. The molecule has 0 aliphatic carbocycles. The topological polar surface area (TPSA) is 108 Å². The van der Waals surface area contributed by atoms with E-state index in [1.54, 1.807) is 31.3 Å². The number of azo groups is 2. The van der Waals surface area contributed by atoms with Crippen molar-refractivity contribution in [3.8, 4) is 5.75 Å². The van der Waals surface area contributed by atoms with E-state index in [0.717, 1.165) is 5.39 Å². The van der Waals surface area contributed by atoms with Gasteiger partial charge in [0.1, 0.15) is 5.69 Å². The highest BCUT2D eigenvalue weighted by molar-refractivity contribution is 7.94. The summed E-state index contributed by atoms with van der Waals surface area (Å²) in [5, 5.41) is 38.6. The van der Waals surface area contributed by atoms with Gasteiger partial charge in [0.2, 0.25) is 0 Å². The highest BCUT2D eigenvalue weighted by Gasteiger charge is 2.15. The summed E-state index contributed by atoms with van der Waals surface area (Å²) in [6, 6.07) is 6.93. The smallest absolute Gasteiger partial charge is 0.152 e. The zero-order valence-electron chi connectivity index (χ0n) is 11.2. The van der Waals surface area contributed by atoms with Crippen LogP contribution in [0.4, 0.5) is 11.4 Å². The van der Waals surface area contributed by atoms with Crippen LogP contribution in [0.3, 0.4) is 0 Å². The van der Waals surface area contributed by atoms with Gasteiger partial charge in [-0.1, -0.05) is 11.1 Å². The third kappa shape index (κ3) is 3.34. The average Bonchev–Trinajstić information content (AvgIpc) is 2.49. The molecule has 0 bridgehead atoms. The van der Waals surface area contributed by atoms with E-state index in [1.165, 1.54) is 7.05 Å². The number of hydrogen-bond donors (Lipinski definition) is 2. The maximum atomic E-state index is 10.4. The number of hydrogen-bond acceptors (Lipinski definition) is 9. The maximum Gasteiger partial charge on any atom is 0.152 e. The zero-order valence-corrected chi connectivity index (χ0v) is 12.0. The van der Waals surface area contributed by atoms with E-state index < -0.39 is 0 Å². The molecule has 0 amide bonds. The van der Waals surface area contributed by atoms with Crippen molar-refractivity contribution in [2.24, 2.45) is 20.5 Å². The molecular weight excluding hydrogens is 296 g/mol. The molecule has 21 heavy (non-hydrogen) atoms. The predicted molar refractivity (Wildman–Crippen MR) is 77.1 cm³/mol. The zero-order chi connectivity index (χ0) is 15.2. The second-order valence-corrected chi connectivity index (χ2v) is 4.55. The van der Waals surface area contributed by atoms with Crippen molar-refractivity contribution in [1.82, 2.24) is 0 Å². The Bertz CT molecular complexity index is 705. The lowest BCUT2D eigenvalue weighted by molar-refractivity contribution is -0.432. The molecule has 2 N–H and O–H groups in total. The third-order valence-corrected chi connectivity index (χ3v) is 3.23. The van der Waals surface area contributed by atoms with Crippen molar-refractivity contribution in [2.75, 3.05) is 14.1 Å². The lowest BCUT2D eigenvalue weighted by atomic mass is 10.1. The van der Waals surface area contributed by atoms with Crippen LogP contribution in [0.1, 0.15) is 0 Å². The fourth-order valence-electron chi connectivity index (χ4n) is 1.82. The number of phenolic OH excluding ortho intramolecular Hbond substituents is 1. The van der Waals surface area contributed by atoms with Crippen LogP contribution < -0.4 is 0 Å². The molecule has 2 aromatic rings. The molecule has 110 valence electrons. The molecule has 0 heterocycles. The third-order valence-electron chi connectivity index (χ3n) is 2.61. The molecule has 0 unspecified atom stereocenters. The van der Waals surface area contributed by atoms with Gasteiger partial charge in [-0.15, -0.1) is 4.33 Å². The molecule has 0 saturated carbocycles. The van der Waals surface area contributed by atoms with E-state index in [-0.39, 0.29) is 11.4 Å². The maximum absolute atomic E-state index is 10.4. The monoisotopic (exact) mass is 308 g/mol. The van der Waals surface area contributed by atoms with Gasteiger partial charge in [-0.3, -0.25) is 0 Å². The average molecular weight is 308 g/mol. The number of phenols is 1. The van der Waals surface area contributed by atoms with E-state index in [9.17, 15) is 5.11 Å². The van der Waals surface area contributed by atoms with Gasteiger partial charge in [0.15, 0.2) is 5.75 Å². The number of rotatable bonds is 5. The summed E-state index contributed by atoms with van der Waals surface area (Å²) in [5.74, 6) is -0.0738. The first-order chi connectivity index (χ1) is 10.2. The Morgan fingerprint density at radius 3 is 2.52 bits per heavy atom. The van der Waals surface area contributed by atoms with E-state index >= 15 is 0 Å². The number of aromatic hydroxyl groups is 1. The van der Waals surface area contributed by atoms with Gasteiger partial charge in [0.25, 0.3) is 0 Å². The Balaban J connectivity index is 2.65. The number of nitrogens with zero attached hydrogens (tertiary/aromatic N) is 4. The van der Waals surface area contributed by atoms with Crippen molar-refractivity contribution in [3.63, 3.8) is 0 Å². The molecule has 0 saturated heterocycles. The van der Waals surface area contributed by atoms with Crippen molar-refractivity contribution >= 4 is 34.2 Å². The van der Waals surface area contributed by atoms with Gasteiger partial charge < -0.3 is 5.11 Å². The molecule has 9 heteroatoms. The van der Waals surface area contributed by atoms with E-state index in [4.69, 9.17) is 5.26 Å². The summed E-state index contributed by atoms with van der Waals surface area (Å²) in [7, 11) is 3.04. The quantitative estimate of drug-likeness (QED) is 0.368. The molecule has 0 aliphatic heterocycles. The highest BCUT2D eigenvalue weighted by Crippen LogP contribution is 2.44. The number of fused-ring (bicyclic) bond motifs is 1. The molecule has 2 rings (SSSR count). The molecule has 0 atom stereocenters. The van der Waals surface area contributed by atoms with Gasteiger partial charge in [-0.25, -0.2) is 5.26 Å². The Hall–Kier alpha value is -2.07. The van der Waals surface area contributed by atoms with Crippen LogP contribution in [-0.4, -0.2) is 24.5 Å². The fraction of sp³-hybridized carbons (Fsp3) is 0.167. The van der Waals surface area contributed by atoms with E-state index in [0.29, 0.717) is 28.0 Å². The van der Waals surface area contributed by atoms with Crippen LogP contribution in [-0.2, 0) is 9.37 Å².